The van der Waals surface area contributed by atoms with Crippen molar-refractivity contribution >= 4 is 0 Å². The van der Waals surface area contributed by atoms with Crippen molar-refractivity contribution in [3.63, 3.8) is 0 Å². The first-order valence-corrected chi connectivity index (χ1v) is 6.90. The zero-order valence-electron chi connectivity index (χ0n) is 11.7. The van der Waals surface area contributed by atoms with Crippen LogP contribution in [-0.2, 0) is 5.60 Å². The van der Waals surface area contributed by atoms with E-state index in [1.807, 2.05) is 0 Å². The average molecular weight is 248 g/mol. The first kappa shape index (κ1) is 13.5. The van der Waals surface area contributed by atoms with Crippen LogP contribution in [-0.4, -0.2) is 15.1 Å². The summed E-state index contributed by atoms with van der Waals surface area (Å²) in [5.74, 6) is 0.691. The molecule has 0 amide bonds. The summed E-state index contributed by atoms with van der Waals surface area (Å²) in [6, 6.07) is 0. The Labute approximate surface area is 110 Å². The topological polar surface area (TPSA) is 46.0 Å². The molecule has 18 heavy (non-hydrogen) atoms. The molecular weight excluding hydrogens is 224 g/mol. The summed E-state index contributed by atoms with van der Waals surface area (Å²) < 4.78 is 0. The Hall–Kier alpha value is -0.960. The molecule has 1 aliphatic carbocycles. The van der Waals surface area contributed by atoms with Crippen molar-refractivity contribution in [1.29, 1.82) is 0 Å². The van der Waals surface area contributed by atoms with Crippen LogP contribution in [0.15, 0.2) is 18.7 Å². The fraction of sp³-hybridized carbons (Fsp3) is 0.733. The zero-order valence-corrected chi connectivity index (χ0v) is 11.7. The van der Waals surface area contributed by atoms with Crippen LogP contribution in [0.1, 0.15) is 58.4 Å². The van der Waals surface area contributed by atoms with E-state index in [2.05, 4.69) is 30.7 Å². The molecular formula is C15H24N2O. The van der Waals surface area contributed by atoms with Gasteiger partial charge in [-0.3, -0.25) is 0 Å². The van der Waals surface area contributed by atoms with Crippen LogP contribution in [0.2, 0.25) is 0 Å². The molecule has 1 aromatic rings. The first-order chi connectivity index (χ1) is 8.42. The van der Waals surface area contributed by atoms with E-state index in [0.29, 0.717) is 11.3 Å². The summed E-state index contributed by atoms with van der Waals surface area (Å²) in [6.07, 6.45) is 10.0. The molecule has 3 nitrogen and oxygen atoms in total. The Morgan fingerprint density at radius 2 is 1.83 bits per heavy atom. The highest BCUT2D eigenvalue weighted by molar-refractivity contribution is 5.14. The smallest absolute Gasteiger partial charge is 0.115 e. The van der Waals surface area contributed by atoms with Gasteiger partial charge in [-0.25, -0.2) is 9.97 Å². The van der Waals surface area contributed by atoms with Crippen molar-refractivity contribution in [3.8, 4) is 0 Å². The van der Waals surface area contributed by atoms with Gasteiger partial charge in [-0.05, 0) is 43.4 Å². The fourth-order valence-corrected chi connectivity index (χ4v) is 3.02. The van der Waals surface area contributed by atoms with E-state index in [0.717, 1.165) is 31.2 Å². The van der Waals surface area contributed by atoms with E-state index in [-0.39, 0.29) is 0 Å². The van der Waals surface area contributed by atoms with Crippen LogP contribution in [0.4, 0.5) is 0 Å². The monoisotopic (exact) mass is 248 g/mol. The Morgan fingerprint density at radius 1 is 1.17 bits per heavy atom. The number of hydrogen-bond donors (Lipinski definition) is 1. The van der Waals surface area contributed by atoms with Crippen LogP contribution >= 0.6 is 0 Å². The lowest BCUT2D eigenvalue weighted by atomic mass is 9.76. The minimum Gasteiger partial charge on any atom is -0.385 e. The van der Waals surface area contributed by atoms with E-state index in [1.54, 1.807) is 12.4 Å². The summed E-state index contributed by atoms with van der Waals surface area (Å²) in [7, 11) is 0. The highest BCUT2D eigenvalue weighted by Crippen LogP contribution is 2.42. The molecule has 0 bridgehead atoms. The molecule has 2 atom stereocenters. The maximum atomic E-state index is 10.8. The molecule has 1 saturated carbocycles. The van der Waals surface area contributed by atoms with Crippen LogP contribution in [0.3, 0.4) is 0 Å². The molecule has 0 spiro atoms. The minimum absolute atomic E-state index is 0.332. The summed E-state index contributed by atoms with van der Waals surface area (Å²) in [4.78, 5) is 8.06. The minimum atomic E-state index is -0.721. The van der Waals surface area contributed by atoms with Crippen molar-refractivity contribution in [2.45, 2.75) is 58.5 Å². The van der Waals surface area contributed by atoms with Gasteiger partial charge in [-0.2, -0.15) is 0 Å². The van der Waals surface area contributed by atoms with Gasteiger partial charge in [0.05, 0.1) is 5.60 Å². The van der Waals surface area contributed by atoms with E-state index in [1.165, 1.54) is 12.7 Å². The quantitative estimate of drug-likeness (QED) is 0.776. The van der Waals surface area contributed by atoms with Crippen molar-refractivity contribution < 1.29 is 5.11 Å². The van der Waals surface area contributed by atoms with E-state index < -0.39 is 5.60 Å². The average Bonchev–Trinajstić information content (AvgIpc) is 2.53. The molecule has 100 valence electrons. The Balaban J connectivity index is 2.14. The van der Waals surface area contributed by atoms with Gasteiger partial charge >= 0.3 is 0 Å². The number of hydrogen-bond acceptors (Lipinski definition) is 3. The normalized spacial score (nSPS) is 29.9. The molecule has 0 radical (unpaired) electrons. The van der Waals surface area contributed by atoms with Gasteiger partial charge in [-0.1, -0.05) is 20.8 Å². The molecule has 0 aliphatic heterocycles. The highest BCUT2D eigenvalue weighted by Gasteiger charge is 2.36. The molecule has 2 unspecified atom stereocenters. The Morgan fingerprint density at radius 3 is 2.44 bits per heavy atom. The maximum absolute atomic E-state index is 10.8. The Kier molecular flexibility index (Phi) is 3.71. The first-order valence-electron chi connectivity index (χ1n) is 6.90. The molecule has 3 heteroatoms. The molecule has 0 aromatic carbocycles. The molecule has 1 aromatic heterocycles. The second kappa shape index (κ2) is 4.96. The van der Waals surface area contributed by atoms with Crippen molar-refractivity contribution in [1.82, 2.24) is 9.97 Å². The zero-order chi connectivity index (χ0) is 13.2. The van der Waals surface area contributed by atoms with Crippen LogP contribution in [0.5, 0.6) is 0 Å². The predicted octanol–water partition coefficient (Wildman–Crippen LogP) is 3.29. The summed E-state index contributed by atoms with van der Waals surface area (Å²) in [6.45, 7) is 6.90. The molecule has 1 aliphatic rings. The lowest BCUT2D eigenvalue weighted by Crippen LogP contribution is -2.26. The third-order valence-corrected chi connectivity index (χ3v) is 4.37. The van der Waals surface area contributed by atoms with Crippen molar-refractivity contribution in [2.75, 3.05) is 0 Å². The SMILES string of the molecule is CC(C)(C)C1CCCC(O)(c2cncnc2)CC1. The number of aromatic nitrogens is 2. The maximum Gasteiger partial charge on any atom is 0.115 e. The van der Waals surface area contributed by atoms with Crippen LogP contribution in [0, 0.1) is 11.3 Å². The number of rotatable bonds is 1. The van der Waals surface area contributed by atoms with Crippen molar-refractivity contribution in [2.24, 2.45) is 11.3 Å². The van der Waals surface area contributed by atoms with Crippen LogP contribution < -0.4 is 0 Å². The standard InChI is InChI=1S/C15H24N2O/c1-14(2,3)12-5-4-7-15(18,8-6-12)13-9-16-11-17-10-13/h9-12,18H,4-8H2,1-3H3. The third-order valence-electron chi connectivity index (χ3n) is 4.37. The molecule has 2 rings (SSSR count). The lowest BCUT2D eigenvalue weighted by molar-refractivity contribution is 0.0173. The lowest BCUT2D eigenvalue weighted by Gasteiger charge is -2.31. The van der Waals surface area contributed by atoms with Gasteiger partial charge < -0.3 is 5.11 Å². The largest absolute Gasteiger partial charge is 0.385 e. The van der Waals surface area contributed by atoms with Gasteiger partial charge in [0.25, 0.3) is 0 Å². The second-order valence-corrected chi connectivity index (χ2v) is 6.65. The molecule has 1 N–H and O–H groups in total. The van der Waals surface area contributed by atoms with Gasteiger partial charge in [0.1, 0.15) is 6.33 Å². The summed E-state index contributed by atoms with van der Waals surface area (Å²) in [5.41, 5.74) is 0.485. The number of nitrogens with zero attached hydrogens (tertiary/aromatic N) is 2. The summed E-state index contributed by atoms with van der Waals surface area (Å²) in [5, 5.41) is 10.8. The van der Waals surface area contributed by atoms with Crippen LogP contribution in [0.25, 0.3) is 0 Å². The highest BCUT2D eigenvalue weighted by atomic mass is 16.3. The van der Waals surface area contributed by atoms with E-state index in [4.69, 9.17) is 0 Å². The Bertz CT molecular complexity index is 385. The fourth-order valence-electron chi connectivity index (χ4n) is 3.02. The molecule has 1 heterocycles. The van der Waals surface area contributed by atoms with Crippen molar-refractivity contribution in [3.05, 3.63) is 24.3 Å². The number of aliphatic hydroxyl groups is 1. The third kappa shape index (κ3) is 2.89. The van der Waals surface area contributed by atoms with Gasteiger partial charge in [-0.15, -0.1) is 0 Å². The van der Waals surface area contributed by atoms with E-state index >= 15 is 0 Å². The molecule has 0 saturated heterocycles. The molecule has 1 fully saturated rings. The van der Waals surface area contributed by atoms with E-state index in [9.17, 15) is 5.11 Å². The van der Waals surface area contributed by atoms with Gasteiger partial charge in [0, 0.05) is 18.0 Å². The van der Waals surface area contributed by atoms with Gasteiger partial charge in [0.15, 0.2) is 0 Å². The van der Waals surface area contributed by atoms with Gasteiger partial charge in [0.2, 0.25) is 0 Å². The second-order valence-electron chi connectivity index (χ2n) is 6.65. The predicted molar refractivity (Wildman–Crippen MR) is 72.0 cm³/mol. The summed E-state index contributed by atoms with van der Waals surface area (Å²) >= 11 is 0.